The highest BCUT2D eigenvalue weighted by Crippen LogP contribution is 2.48. The van der Waals surface area contributed by atoms with Gasteiger partial charge in [-0.15, -0.1) is 0 Å². The van der Waals surface area contributed by atoms with Crippen LogP contribution in [-0.2, 0) is 0 Å². The monoisotopic (exact) mass is 1690 g/mol. The fourth-order valence-corrected chi connectivity index (χ4v) is 19.4. The first kappa shape index (κ1) is 79.1. The molecule has 0 unspecified atom stereocenters. The second-order valence-corrected chi connectivity index (χ2v) is 33.4. The van der Waals surface area contributed by atoms with E-state index in [0.717, 1.165) is 79.1 Å². The van der Waals surface area contributed by atoms with Gasteiger partial charge >= 0.3 is 0 Å². The number of hydrogen-bond acceptors (Lipinski definition) is 5. The van der Waals surface area contributed by atoms with Crippen LogP contribution < -0.4 is 19.6 Å². The van der Waals surface area contributed by atoms with E-state index in [9.17, 15) is 0 Å². The molecule has 0 amide bonds. The Bertz CT molecular complexity index is 8310. The maximum Gasteiger partial charge on any atom is 0.136 e. The van der Waals surface area contributed by atoms with Crippen molar-refractivity contribution in [3.05, 3.63) is 528 Å². The van der Waals surface area contributed by atoms with Gasteiger partial charge in [-0.3, -0.25) is 0 Å². The summed E-state index contributed by atoms with van der Waals surface area (Å²) in [5.41, 5.74) is 26.2. The minimum atomic E-state index is 0.915. The summed E-state index contributed by atoms with van der Waals surface area (Å²) >= 11 is 0. The summed E-state index contributed by atoms with van der Waals surface area (Å²) in [5, 5.41) is 19.7. The average molecular weight is 1690 g/mol. The number of aromatic nitrogens is 1. The van der Waals surface area contributed by atoms with E-state index >= 15 is 0 Å². The van der Waals surface area contributed by atoms with Gasteiger partial charge in [-0.1, -0.05) is 358 Å². The molecule has 622 valence electrons. The minimum Gasteiger partial charge on any atom is -0.456 e. The van der Waals surface area contributed by atoms with Crippen LogP contribution in [0.1, 0.15) is 0 Å². The Morgan fingerprint density at radius 3 is 0.765 bits per heavy atom. The van der Waals surface area contributed by atoms with E-state index in [-0.39, 0.29) is 0 Å². The van der Waals surface area contributed by atoms with Crippen LogP contribution in [0.25, 0.3) is 147 Å². The topological polar surface area (TPSA) is 31.0 Å². The average Bonchev–Trinajstić information content (AvgIpc) is 1.57. The van der Waals surface area contributed by atoms with Gasteiger partial charge in [0.1, 0.15) is 11.2 Å². The molecule has 0 spiro atoms. The zero-order chi connectivity index (χ0) is 87.6. The van der Waals surface area contributed by atoms with Crippen molar-refractivity contribution >= 4 is 177 Å². The molecule has 0 radical (unpaired) electrons. The maximum absolute atomic E-state index is 6.23. The van der Waals surface area contributed by atoms with Gasteiger partial charge in [-0.25, -0.2) is 0 Å². The predicted molar refractivity (Wildman–Crippen MR) is 561 cm³/mol. The molecule has 0 saturated heterocycles. The van der Waals surface area contributed by atoms with Crippen LogP contribution in [0.2, 0.25) is 0 Å². The van der Waals surface area contributed by atoms with Crippen LogP contribution in [0.15, 0.2) is 532 Å². The molecule has 25 aromatic rings. The number of para-hydroxylation sites is 5. The number of hydrogen-bond donors (Lipinski definition) is 0. The standard InChI is InChI=1S/C44H30N2.C44H32N2.C38H25NO/c1-3-15-35(16-4-1)45(41-21-11-14-32-12-7-9-19-38(32)41)37-26-22-31(23-27-37)34-25-28-42-40(30-34)44-39-20-10-8-13-33(39)24-29-43(44)46(42)36-17-5-2-6-18-36;1-3-17-37(18-4-1)45(43-23-11-15-35-13-7-9-21-41(35)43)39-29-25-33(26-30-39)34-27-31-40(32-28-34)46(38-19-5-2-6-20-38)44-24-12-16-36-14-8-10-22-42(36)44;1-2-12-30(13-3-1)39(35-16-8-11-27-9-4-6-14-32(27)35)31-21-17-26(18-22-31)29-20-23-36-34(25-29)38-33-15-7-5-10-28(33)19-24-37(38)40-36/h1-30H;1-32H;1-25H. The summed E-state index contributed by atoms with van der Waals surface area (Å²) in [6, 6.07) is 189. The third kappa shape index (κ3) is 15.1. The third-order valence-electron chi connectivity index (χ3n) is 25.6. The van der Waals surface area contributed by atoms with Crippen LogP contribution in [0.4, 0.5) is 68.2 Å². The Morgan fingerprint density at radius 2 is 0.402 bits per heavy atom. The lowest BCUT2D eigenvalue weighted by Crippen LogP contribution is -2.10. The van der Waals surface area contributed by atoms with Gasteiger partial charge < -0.3 is 28.6 Å². The molecule has 132 heavy (non-hydrogen) atoms. The van der Waals surface area contributed by atoms with Gasteiger partial charge in [0.15, 0.2) is 0 Å². The summed E-state index contributed by atoms with van der Waals surface area (Å²) in [6.07, 6.45) is 0. The zero-order valence-corrected chi connectivity index (χ0v) is 72.4. The van der Waals surface area contributed by atoms with Crippen molar-refractivity contribution in [2.24, 2.45) is 0 Å². The molecule has 2 heterocycles. The number of benzene rings is 23. The Balaban J connectivity index is 0.000000113. The van der Waals surface area contributed by atoms with Gasteiger partial charge in [0.25, 0.3) is 0 Å². The van der Waals surface area contributed by atoms with Crippen molar-refractivity contribution in [3.63, 3.8) is 0 Å². The van der Waals surface area contributed by atoms with Gasteiger partial charge in [0.2, 0.25) is 0 Å². The summed E-state index contributed by atoms with van der Waals surface area (Å²) in [4.78, 5) is 9.38. The number of nitrogens with zero attached hydrogens (tertiary/aromatic N) is 5. The highest BCUT2D eigenvalue weighted by atomic mass is 16.3. The van der Waals surface area contributed by atoms with Crippen LogP contribution in [-0.4, -0.2) is 4.57 Å². The molecule has 6 heteroatoms. The molecule has 23 aromatic carbocycles. The number of rotatable bonds is 16. The molecule has 6 nitrogen and oxygen atoms in total. The Morgan fingerprint density at radius 1 is 0.152 bits per heavy atom. The SMILES string of the molecule is c1ccc(N(c2ccc(-c3ccc(N(c4ccccc4)c4cccc5ccccc45)cc3)cc2)c2cccc3ccccc23)cc1.c1ccc(N(c2ccc(-c3ccc4c(c3)c3c5ccccc5ccc3n4-c3ccccc3)cc2)c2cccc3ccccc23)cc1.c1ccc(N(c2ccc(-c3ccc4oc5ccc6ccccc6c5c4c3)cc2)c2cccc3ccccc23)cc1. The molecule has 0 aliphatic carbocycles. The van der Waals surface area contributed by atoms with Crippen LogP contribution in [0.5, 0.6) is 0 Å². The van der Waals surface area contributed by atoms with E-state index in [4.69, 9.17) is 4.42 Å². The van der Waals surface area contributed by atoms with Crippen molar-refractivity contribution in [2.45, 2.75) is 0 Å². The maximum atomic E-state index is 6.23. The van der Waals surface area contributed by atoms with Gasteiger partial charge in [0, 0.05) is 94.3 Å². The Hall–Kier alpha value is -17.6. The first-order valence-corrected chi connectivity index (χ1v) is 45.1. The molecular weight excluding hydrogens is 1600 g/mol. The minimum absolute atomic E-state index is 0.915. The Labute approximate surface area is 766 Å². The van der Waals surface area contributed by atoms with Crippen molar-refractivity contribution in [1.29, 1.82) is 0 Å². The lowest BCUT2D eigenvalue weighted by atomic mass is 9.99. The first-order valence-electron chi connectivity index (χ1n) is 45.1. The van der Waals surface area contributed by atoms with Crippen molar-refractivity contribution < 1.29 is 4.42 Å². The van der Waals surface area contributed by atoms with Gasteiger partial charge in [0.05, 0.1) is 33.8 Å². The number of fused-ring (bicyclic) bond motifs is 14. The lowest BCUT2D eigenvalue weighted by molar-refractivity contribution is 0.669. The van der Waals surface area contributed by atoms with E-state index < -0.39 is 0 Å². The highest BCUT2D eigenvalue weighted by molar-refractivity contribution is 6.23. The van der Waals surface area contributed by atoms with Gasteiger partial charge in [-0.05, 0) is 246 Å². The van der Waals surface area contributed by atoms with Crippen LogP contribution >= 0.6 is 0 Å². The van der Waals surface area contributed by atoms with Crippen LogP contribution in [0.3, 0.4) is 0 Å². The summed E-state index contributed by atoms with van der Waals surface area (Å²) in [7, 11) is 0. The molecule has 0 N–H and O–H groups in total. The molecule has 0 bridgehead atoms. The zero-order valence-electron chi connectivity index (χ0n) is 72.4. The second-order valence-electron chi connectivity index (χ2n) is 33.4. The van der Waals surface area contributed by atoms with E-state index in [2.05, 4.69) is 552 Å². The predicted octanol–water partition coefficient (Wildman–Crippen LogP) is 35.9. The Kier molecular flexibility index (Phi) is 21.0. The summed E-state index contributed by atoms with van der Waals surface area (Å²) in [5.74, 6) is 0. The normalized spacial score (nSPS) is 11.3. The molecule has 0 atom stereocenters. The highest BCUT2D eigenvalue weighted by Gasteiger charge is 2.24. The molecule has 0 aliphatic rings. The van der Waals surface area contributed by atoms with E-state index in [1.165, 1.54) is 137 Å². The van der Waals surface area contributed by atoms with Crippen molar-refractivity contribution in [2.75, 3.05) is 19.6 Å². The third-order valence-corrected chi connectivity index (χ3v) is 25.6. The lowest BCUT2D eigenvalue weighted by Gasteiger charge is -2.27. The molecule has 25 rings (SSSR count). The fourth-order valence-electron chi connectivity index (χ4n) is 19.4. The molecule has 2 aromatic heterocycles. The van der Waals surface area contributed by atoms with Crippen LogP contribution in [0, 0.1) is 0 Å². The van der Waals surface area contributed by atoms with Gasteiger partial charge in [-0.2, -0.15) is 0 Å². The van der Waals surface area contributed by atoms with E-state index in [1.54, 1.807) is 0 Å². The van der Waals surface area contributed by atoms with E-state index in [0.29, 0.717) is 0 Å². The summed E-state index contributed by atoms with van der Waals surface area (Å²) in [6.45, 7) is 0. The van der Waals surface area contributed by atoms with Crippen molar-refractivity contribution in [1.82, 2.24) is 4.57 Å². The quantitative estimate of drug-likeness (QED) is 0.0962. The second kappa shape index (κ2) is 35.0. The molecule has 0 fully saturated rings. The molecule has 0 aliphatic heterocycles. The number of furan rings is 1. The smallest absolute Gasteiger partial charge is 0.136 e. The largest absolute Gasteiger partial charge is 0.456 e. The fraction of sp³-hybridized carbons (Fsp3) is 0. The first-order chi connectivity index (χ1) is 65.5. The number of anilines is 12. The van der Waals surface area contributed by atoms with Crippen molar-refractivity contribution in [3.8, 4) is 39.1 Å². The molecular formula is C126H87N5O. The van der Waals surface area contributed by atoms with E-state index in [1.807, 2.05) is 0 Å². The molecule has 0 saturated carbocycles. The summed E-state index contributed by atoms with van der Waals surface area (Å²) < 4.78 is 8.62.